The van der Waals surface area contributed by atoms with E-state index in [4.69, 9.17) is 0 Å². The molecule has 0 bridgehead atoms. The molecule has 6 unspecified atom stereocenters. The molecule has 0 fully saturated rings. The predicted octanol–water partition coefficient (Wildman–Crippen LogP) is 6.70. The maximum atomic E-state index is 3.82. The summed E-state index contributed by atoms with van der Waals surface area (Å²) in [6.07, 6.45) is 9.43. The van der Waals surface area contributed by atoms with E-state index in [0.717, 1.165) is 0 Å². The first-order valence-corrected chi connectivity index (χ1v) is 11.5. The lowest BCUT2D eigenvalue weighted by molar-refractivity contribution is 0.627. The Kier molecular flexibility index (Phi) is 9.96. The molecule has 0 N–H and O–H groups in total. The summed E-state index contributed by atoms with van der Waals surface area (Å²) < 4.78 is 0. The molecule has 0 spiro atoms. The van der Waals surface area contributed by atoms with Gasteiger partial charge < -0.3 is 0 Å². The van der Waals surface area contributed by atoms with Crippen LogP contribution >= 0.6 is 95.6 Å². The van der Waals surface area contributed by atoms with Gasteiger partial charge in [-0.2, -0.15) is 0 Å². The van der Waals surface area contributed by atoms with Crippen molar-refractivity contribution in [2.75, 3.05) is 0 Å². The fourth-order valence-electron chi connectivity index (χ4n) is 1.82. The van der Waals surface area contributed by atoms with Crippen molar-refractivity contribution >= 4 is 95.6 Å². The Morgan fingerprint density at radius 1 is 0.722 bits per heavy atom. The fourth-order valence-corrected chi connectivity index (χ4v) is 7.11. The lowest BCUT2D eigenvalue weighted by atomic mass is 10.0. The summed E-state index contributed by atoms with van der Waals surface area (Å²) in [5, 5.41) is 0. The normalized spacial score (nSPS) is 44.1. The Morgan fingerprint density at radius 2 is 1.33 bits per heavy atom. The summed E-state index contributed by atoms with van der Waals surface area (Å²) in [5.74, 6) is 0. The molecule has 1 aliphatic carbocycles. The number of halogens is 6. The van der Waals surface area contributed by atoms with E-state index in [1.165, 1.54) is 25.7 Å². The van der Waals surface area contributed by atoms with E-state index in [1.807, 2.05) is 0 Å². The Bertz CT molecular complexity index is 269. The van der Waals surface area contributed by atoms with Gasteiger partial charge in [0.2, 0.25) is 0 Å². The zero-order valence-electron chi connectivity index (χ0n) is 9.72. The number of alkyl halides is 6. The van der Waals surface area contributed by atoms with E-state index in [1.54, 1.807) is 0 Å². The lowest BCUT2D eigenvalue weighted by Gasteiger charge is -2.30. The summed E-state index contributed by atoms with van der Waals surface area (Å²) in [6.45, 7) is 0. The fraction of sp³-hybridized carbons (Fsp3) is 0.833. The van der Waals surface area contributed by atoms with E-state index in [-0.39, 0.29) is 0 Å². The third-order valence-electron chi connectivity index (χ3n) is 2.98. The lowest BCUT2D eigenvalue weighted by Crippen LogP contribution is -2.38. The minimum atomic E-state index is 0.342. The third-order valence-corrected chi connectivity index (χ3v) is 13.1. The smallest absolute Gasteiger partial charge is 0.0461 e. The zero-order chi connectivity index (χ0) is 13.7. The first-order chi connectivity index (χ1) is 8.45. The van der Waals surface area contributed by atoms with Crippen molar-refractivity contribution in [3.8, 4) is 0 Å². The van der Waals surface area contributed by atoms with Gasteiger partial charge in [-0.1, -0.05) is 114 Å². The van der Waals surface area contributed by atoms with Gasteiger partial charge in [-0.3, -0.25) is 0 Å². The molecule has 18 heavy (non-hydrogen) atoms. The standard InChI is InChI=1S/C12H16Br6/c13-7-5-3-1-2-4-6-8(14)10(16)12(18)11(17)9(7)15/h3,5,7-12H,1-2,4,6H2. The topological polar surface area (TPSA) is 0 Å². The van der Waals surface area contributed by atoms with Crippen molar-refractivity contribution in [3.63, 3.8) is 0 Å². The number of hydrogen-bond donors (Lipinski definition) is 0. The SMILES string of the molecule is BrC1C=CCCCCC(Br)C(Br)C(Br)C(Br)C1Br. The summed E-state index contributed by atoms with van der Waals surface area (Å²) in [7, 11) is 0. The van der Waals surface area contributed by atoms with E-state index in [9.17, 15) is 0 Å². The van der Waals surface area contributed by atoms with Crippen LogP contribution in [0.15, 0.2) is 12.2 Å². The maximum Gasteiger partial charge on any atom is 0.0461 e. The summed E-state index contributed by atoms with van der Waals surface area (Å²) >= 11 is 22.8. The Balaban J connectivity index is 2.80. The highest BCUT2D eigenvalue weighted by molar-refractivity contribution is 9.15. The van der Waals surface area contributed by atoms with Crippen LogP contribution in [-0.2, 0) is 0 Å². The molecule has 6 atom stereocenters. The molecule has 0 aromatic rings. The van der Waals surface area contributed by atoms with Crippen molar-refractivity contribution in [1.29, 1.82) is 0 Å². The molecule has 0 radical (unpaired) electrons. The van der Waals surface area contributed by atoms with E-state index < -0.39 is 0 Å². The third kappa shape index (κ3) is 5.78. The molecule has 0 amide bonds. The van der Waals surface area contributed by atoms with Crippen LogP contribution in [0.5, 0.6) is 0 Å². The molecular formula is C12H16Br6. The van der Waals surface area contributed by atoms with Gasteiger partial charge in [-0.15, -0.1) is 0 Å². The van der Waals surface area contributed by atoms with Crippen molar-refractivity contribution in [2.24, 2.45) is 0 Å². The van der Waals surface area contributed by atoms with Crippen LogP contribution in [0, 0.1) is 0 Å². The average Bonchev–Trinajstić information content (AvgIpc) is 2.37. The molecule has 0 saturated carbocycles. The second kappa shape index (κ2) is 9.60. The van der Waals surface area contributed by atoms with Crippen molar-refractivity contribution in [1.82, 2.24) is 0 Å². The van der Waals surface area contributed by atoms with E-state index >= 15 is 0 Å². The van der Waals surface area contributed by atoms with Crippen LogP contribution in [0.4, 0.5) is 0 Å². The Morgan fingerprint density at radius 3 is 2.00 bits per heavy atom. The number of allylic oxidation sites excluding steroid dienone is 2. The predicted molar refractivity (Wildman–Crippen MR) is 104 cm³/mol. The van der Waals surface area contributed by atoms with E-state index in [2.05, 4.69) is 108 Å². The van der Waals surface area contributed by atoms with Gasteiger partial charge in [0, 0.05) is 29.0 Å². The first kappa shape index (κ1) is 18.7. The van der Waals surface area contributed by atoms with Gasteiger partial charge in [-0.25, -0.2) is 0 Å². The molecule has 1 rings (SSSR count). The molecule has 0 aromatic carbocycles. The second-order valence-corrected chi connectivity index (χ2v) is 10.9. The summed E-state index contributed by atoms with van der Waals surface area (Å²) in [6, 6.07) is 0. The van der Waals surface area contributed by atoms with Gasteiger partial charge in [0.1, 0.15) is 0 Å². The van der Waals surface area contributed by atoms with Crippen LogP contribution < -0.4 is 0 Å². The van der Waals surface area contributed by atoms with E-state index in [0.29, 0.717) is 29.0 Å². The second-order valence-electron chi connectivity index (χ2n) is 4.45. The molecule has 106 valence electrons. The van der Waals surface area contributed by atoms with Crippen LogP contribution in [0.3, 0.4) is 0 Å². The molecule has 0 aromatic heterocycles. The number of hydrogen-bond acceptors (Lipinski definition) is 0. The summed E-state index contributed by atoms with van der Waals surface area (Å²) in [4.78, 5) is 2.30. The Hall–Kier alpha value is 2.62. The maximum absolute atomic E-state index is 3.82. The number of rotatable bonds is 0. The molecule has 0 nitrogen and oxygen atoms in total. The van der Waals surface area contributed by atoms with Crippen molar-refractivity contribution in [2.45, 2.75) is 54.6 Å². The monoisotopic (exact) mass is 634 g/mol. The highest BCUT2D eigenvalue weighted by atomic mass is 79.9. The largest absolute Gasteiger partial charge is 0.0878 e. The van der Waals surface area contributed by atoms with Crippen LogP contribution in [0.2, 0.25) is 0 Å². The van der Waals surface area contributed by atoms with Gasteiger partial charge >= 0.3 is 0 Å². The van der Waals surface area contributed by atoms with Crippen LogP contribution in [-0.4, -0.2) is 29.0 Å². The molecule has 0 heterocycles. The average molecular weight is 640 g/mol. The minimum Gasteiger partial charge on any atom is -0.0878 e. The zero-order valence-corrected chi connectivity index (χ0v) is 19.2. The molecule has 0 aliphatic heterocycles. The van der Waals surface area contributed by atoms with Gasteiger partial charge in [0.25, 0.3) is 0 Å². The minimum absolute atomic E-state index is 0.342. The molecule has 6 heteroatoms. The van der Waals surface area contributed by atoms with Gasteiger partial charge in [0.05, 0.1) is 0 Å². The van der Waals surface area contributed by atoms with Crippen molar-refractivity contribution in [3.05, 3.63) is 12.2 Å². The molecule has 1 aliphatic rings. The molecular weight excluding hydrogens is 624 g/mol. The van der Waals surface area contributed by atoms with Gasteiger partial charge in [0.15, 0.2) is 0 Å². The van der Waals surface area contributed by atoms with Crippen LogP contribution in [0.25, 0.3) is 0 Å². The first-order valence-electron chi connectivity index (χ1n) is 5.96. The highest BCUT2D eigenvalue weighted by Gasteiger charge is 2.34. The van der Waals surface area contributed by atoms with Crippen molar-refractivity contribution < 1.29 is 0 Å². The molecule has 0 saturated heterocycles. The van der Waals surface area contributed by atoms with Gasteiger partial charge in [-0.05, 0) is 19.3 Å². The van der Waals surface area contributed by atoms with Crippen LogP contribution in [0.1, 0.15) is 25.7 Å². The summed E-state index contributed by atoms with van der Waals surface area (Å²) in [5.41, 5.74) is 0. The quantitative estimate of drug-likeness (QED) is 0.205. The Labute approximate surface area is 160 Å². The highest BCUT2D eigenvalue weighted by Crippen LogP contribution is 2.37.